The summed E-state index contributed by atoms with van der Waals surface area (Å²) < 4.78 is 0. The van der Waals surface area contributed by atoms with Gasteiger partial charge in [-0.15, -0.1) is 0 Å². The van der Waals surface area contributed by atoms with E-state index >= 15 is 0 Å². The predicted octanol–water partition coefficient (Wildman–Crippen LogP) is 2.77. The van der Waals surface area contributed by atoms with Crippen molar-refractivity contribution in [3.8, 4) is 0 Å². The fourth-order valence-corrected chi connectivity index (χ4v) is 1.99. The van der Waals surface area contributed by atoms with Gasteiger partial charge in [0.2, 0.25) is 5.91 Å². The van der Waals surface area contributed by atoms with Crippen LogP contribution < -0.4 is 11.1 Å². The van der Waals surface area contributed by atoms with E-state index < -0.39 is 0 Å². The lowest BCUT2D eigenvalue weighted by atomic mass is 10.0. The minimum Gasteiger partial charge on any atom is -0.349 e. The molecule has 1 aromatic carbocycles. The van der Waals surface area contributed by atoms with Crippen LogP contribution in [-0.2, 0) is 4.79 Å². The van der Waals surface area contributed by atoms with Gasteiger partial charge < -0.3 is 11.1 Å². The summed E-state index contributed by atoms with van der Waals surface area (Å²) >= 11 is 0. The lowest BCUT2D eigenvalue weighted by Crippen LogP contribution is -2.28. The summed E-state index contributed by atoms with van der Waals surface area (Å²) in [5, 5.41) is 3.11. The van der Waals surface area contributed by atoms with Crippen molar-refractivity contribution in [2.75, 3.05) is 6.54 Å². The Hall–Kier alpha value is -1.35. The minimum atomic E-state index is 0.130. The van der Waals surface area contributed by atoms with Crippen LogP contribution in [0, 0.1) is 0 Å². The van der Waals surface area contributed by atoms with Gasteiger partial charge in [-0.1, -0.05) is 43.7 Å². The smallest absolute Gasteiger partial charge is 0.220 e. The topological polar surface area (TPSA) is 55.1 Å². The largest absolute Gasteiger partial charge is 0.349 e. The highest BCUT2D eigenvalue weighted by atomic mass is 16.1. The first-order valence-corrected chi connectivity index (χ1v) is 6.82. The van der Waals surface area contributed by atoms with Crippen LogP contribution in [0.4, 0.5) is 0 Å². The van der Waals surface area contributed by atoms with Gasteiger partial charge in [0.1, 0.15) is 0 Å². The molecular weight excluding hydrogens is 224 g/mol. The molecule has 0 fully saturated rings. The van der Waals surface area contributed by atoms with Crippen LogP contribution in [0.5, 0.6) is 0 Å². The highest BCUT2D eigenvalue weighted by molar-refractivity contribution is 5.76. The van der Waals surface area contributed by atoms with Gasteiger partial charge in [0.05, 0.1) is 6.04 Å². The molecule has 1 rings (SSSR count). The van der Waals surface area contributed by atoms with Gasteiger partial charge in [0.15, 0.2) is 0 Å². The van der Waals surface area contributed by atoms with Crippen molar-refractivity contribution in [3.63, 3.8) is 0 Å². The van der Waals surface area contributed by atoms with Crippen molar-refractivity contribution in [2.24, 2.45) is 5.73 Å². The lowest BCUT2D eigenvalue weighted by Gasteiger charge is -2.18. The fourth-order valence-electron chi connectivity index (χ4n) is 1.99. The van der Waals surface area contributed by atoms with Crippen molar-refractivity contribution in [1.29, 1.82) is 0 Å². The van der Waals surface area contributed by atoms with E-state index in [1.807, 2.05) is 18.2 Å². The maximum Gasteiger partial charge on any atom is 0.220 e. The molecule has 0 aliphatic rings. The van der Waals surface area contributed by atoms with E-state index in [9.17, 15) is 4.79 Å². The average molecular weight is 248 g/mol. The Balaban J connectivity index is 2.50. The van der Waals surface area contributed by atoms with Crippen LogP contribution in [-0.4, -0.2) is 12.5 Å². The molecule has 0 aromatic heterocycles. The van der Waals surface area contributed by atoms with Crippen molar-refractivity contribution < 1.29 is 4.79 Å². The molecule has 0 bridgehead atoms. The first-order chi connectivity index (χ1) is 8.77. The number of carbonyl (C=O) groups is 1. The Morgan fingerprint density at radius 1 is 1.28 bits per heavy atom. The van der Waals surface area contributed by atoms with Gasteiger partial charge in [-0.3, -0.25) is 4.79 Å². The summed E-state index contributed by atoms with van der Waals surface area (Å²) in [6, 6.07) is 10.3. The second-order valence-electron chi connectivity index (χ2n) is 4.57. The first-order valence-electron chi connectivity index (χ1n) is 6.82. The molecule has 0 saturated heterocycles. The molecule has 1 unspecified atom stereocenters. The van der Waals surface area contributed by atoms with Gasteiger partial charge in [0, 0.05) is 6.42 Å². The van der Waals surface area contributed by atoms with Crippen LogP contribution in [0.3, 0.4) is 0 Å². The highest BCUT2D eigenvalue weighted by Gasteiger charge is 2.12. The quantitative estimate of drug-likeness (QED) is 0.695. The maximum absolute atomic E-state index is 11.8. The molecule has 3 N–H and O–H groups in total. The third-order valence-electron chi connectivity index (χ3n) is 2.97. The van der Waals surface area contributed by atoms with Gasteiger partial charge in [-0.25, -0.2) is 0 Å². The molecule has 1 atom stereocenters. The predicted molar refractivity (Wildman–Crippen MR) is 75.1 cm³/mol. The van der Waals surface area contributed by atoms with E-state index in [-0.39, 0.29) is 11.9 Å². The van der Waals surface area contributed by atoms with E-state index in [0.29, 0.717) is 13.0 Å². The molecule has 18 heavy (non-hydrogen) atoms. The first kappa shape index (κ1) is 14.7. The van der Waals surface area contributed by atoms with Crippen molar-refractivity contribution >= 4 is 5.91 Å². The van der Waals surface area contributed by atoms with Crippen molar-refractivity contribution in [2.45, 2.75) is 45.1 Å². The zero-order valence-electron chi connectivity index (χ0n) is 11.2. The van der Waals surface area contributed by atoms with Gasteiger partial charge in [-0.05, 0) is 31.4 Å². The molecule has 1 aromatic rings. The number of carbonyl (C=O) groups excluding carboxylic acids is 1. The van der Waals surface area contributed by atoms with Crippen molar-refractivity contribution in [1.82, 2.24) is 5.32 Å². The third kappa shape index (κ3) is 5.32. The van der Waals surface area contributed by atoms with Crippen molar-refractivity contribution in [3.05, 3.63) is 35.9 Å². The standard InChI is InChI=1S/C15H24N2O/c1-2-8-14(13-9-4-3-5-10-13)17-15(18)11-6-7-12-16/h3-5,9-10,14H,2,6-8,11-12,16H2,1H3,(H,17,18). The monoisotopic (exact) mass is 248 g/mol. The van der Waals surface area contributed by atoms with Crippen LogP contribution in [0.15, 0.2) is 30.3 Å². The Kier molecular flexibility index (Phi) is 7.11. The highest BCUT2D eigenvalue weighted by Crippen LogP contribution is 2.18. The number of nitrogens with two attached hydrogens (primary N) is 1. The van der Waals surface area contributed by atoms with E-state index in [0.717, 1.165) is 25.7 Å². The second kappa shape index (κ2) is 8.70. The van der Waals surface area contributed by atoms with Crippen LogP contribution in [0.2, 0.25) is 0 Å². The minimum absolute atomic E-state index is 0.130. The zero-order valence-corrected chi connectivity index (χ0v) is 11.2. The Labute approximate surface area is 110 Å². The van der Waals surface area contributed by atoms with E-state index in [1.54, 1.807) is 0 Å². The third-order valence-corrected chi connectivity index (χ3v) is 2.97. The molecule has 0 aliphatic heterocycles. The summed E-state index contributed by atoms with van der Waals surface area (Å²) in [6.07, 6.45) is 4.40. The molecule has 0 spiro atoms. The van der Waals surface area contributed by atoms with E-state index in [2.05, 4.69) is 24.4 Å². The molecule has 100 valence electrons. The van der Waals surface area contributed by atoms with Gasteiger partial charge in [0.25, 0.3) is 0 Å². The number of hydrogen-bond acceptors (Lipinski definition) is 2. The molecule has 0 heterocycles. The number of hydrogen-bond donors (Lipinski definition) is 2. The van der Waals surface area contributed by atoms with Crippen LogP contribution in [0.1, 0.15) is 50.6 Å². The molecule has 0 saturated carbocycles. The SMILES string of the molecule is CCCC(NC(=O)CCCCN)c1ccccc1. The van der Waals surface area contributed by atoms with Crippen LogP contribution >= 0.6 is 0 Å². The number of rotatable bonds is 8. The Bertz CT molecular complexity index is 338. The Morgan fingerprint density at radius 2 is 2.00 bits per heavy atom. The normalized spacial score (nSPS) is 12.1. The van der Waals surface area contributed by atoms with Crippen LogP contribution in [0.25, 0.3) is 0 Å². The zero-order chi connectivity index (χ0) is 13.2. The summed E-state index contributed by atoms with van der Waals surface area (Å²) in [6.45, 7) is 2.79. The molecule has 0 radical (unpaired) electrons. The van der Waals surface area contributed by atoms with Gasteiger partial charge in [-0.2, -0.15) is 0 Å². The number of unbranched alkanes of at least 4 members (excludes halogenated alkanes) is 1. The summed E-state index contributed by atoms with van der Waals surface area (Å²) in [5.41, 5.74) is 6.61. The fraction of sp³-hybridized carbons (Fsp3) is 0.533. The summed E-state index contributed by atoms with van der Waals surface area (Å²) in [7, 11) is 0. The average Bonchev–Trinajstić information content (AvgIpc) is 2.39. The molecular formula is C15H24N2O. The number of benzene rings is 1. The molecule has 3 heteroatoms. The molecule has 1 amide bonds. The Morgan fingerprint density at radius 3 is 2.61 bits per heavy atom. The number of nitrogens with one attached hydrogen (secondary N) is 1. The summed E-state index contributed by atoms with van der Waals surface area (Å²) in [5.74, 6) is 0.130. The molecule has 0 aliphatic carbocycles. The second-order valence-corrected chi connectivity index (χ2v) is 4.57. The van der Waals surface area contributed by atoms with Gasteiger partial charge >= 0.3 is 0 Å². The number of amides is 1. The van der Waals surface area contributed by atoms with E-state index in [1.165, 1.54) is 5.56 Å². The maximum atomic E-state index is 11.8. The summed E-state index contributed by atoms with van der Waals surface area (Å²) in [4.78, 5) is 11.8. The lowest BCUT2D eigenvalue weighted by molar-refractivity contribution is -0.122. The van der Waals surface area contributed by atoms with E-state index in [4.69, 9.17) is 5.73 Å². The molecule has 3 nitrogen and oxygen atoms in total.